The molecule has 0 saturated heterocycles. The molecule has 27 heavy (non-hydrogen) atoms. The highest BCUT2D eigenvalue weighted by Gasteiger charge is 2.30. The van der Waals surface area contributed by atoms with Crippen LogP contribution in [0.4, 0.5) is 5.69 Å². The first-order valence-electron chi connectivity index (χ1n) is 9.25. The summed E-state index contributed by atoms with van der Waals surface area (Å²) in [6, 6.07) is 9.80. The van der Waals surface area contributed by atoms with Gasteiger partial charge in [0.25, 0.3) is 5.91 Å². The van der Waals surface area contributed by atoms with E-state index >= 15 is 0 Å². The Labute approximate surface area is 164 Å². The number of likely N-dealkylation sites (N-methyl/N-ethyl adjacent to an activating group) is 1. The summed E-state index contributed by atoms with van der Waals surface area (Å²) in [5.74, 6) is -0.451. The van der Waals surface area contributed by atoms with Gasteiger partial charge in [-0.2, -0.15) is 0 Å². The molecular weight excluding hydrogens is 358 g/mol. The van der Waals surface area contributed by atoms with E-state index in [9.17, 15) is 9.59 Å². The zero-order chi connectivity index (χ0) is 19.6. The van der Waals surface area contributed by atoms with Crippen molar-refractivity contribution in [1.82, 2.24) is 10.2 Å². The van der Waals surface area contributed by atoms with Crippen LogP contribution in [0.5, 0.6) is 0 Å². The Morgan fingerprint density at radius 1 is 1.07 bits per heavy atom. The Hall–Kier alpha value is -2.18. The van der Waals surface area contributed by atoms with Crippen molar-refractivity contribution in [2.24, 2.45) is 0 Å². The number of amides is 2. The van der Waals surface area contributed by atoms with Crippen LogP contribution in [-0.4, -0.2) is 42.4 Å². The van der Waals surface area contributed by atoms with Gasteiger partial charge in [0.1, 0.15) is 5.54 Å². The van der Waals surface area contributed by atoms with Crippen LogP contribution in [0.3, 0.4) is 0 Å². The maximum absolute atomic E-state index is 12.8. The number of benzene rings is 1. The van der Waals surface area contributed by atoms with Crippen molar-refractivity contribution in [1.29, 1.82) is 0 Å². The molecule has 0 radical (unpaired) electrons. The van der Waals surface area contributed by atoms with Gasteiger partial charge in [-0.15, -0.1) is 11.3 Å². The van der Waals surface area contributed by atoms with Crippen LogP contribution in [0, 0.1) is 6.92 Å². The number of nitrogens with one attached hydrogen (secondary N) is 2. The number of nitrogens with zero attached hydrogens (tertiary/aromatic N) is 1. The van der Waals surface area contributed by atoms with Crippen molar-refractivity contribution in [3.63, 3.8) is 0 Å². The number of rotatable bonds is 4. The lowest BCUT2D eigenvalue weighted by Crippen LogP contribution is -2.52. The molecular formula is C21H27N3O2S. The Balaban J connectivity index is 1.68. The largest absolute Gasteiger partial charge is 0.337 e. The lowest BCUT2D eigenvalue weighted by molar-refractivity contribution is -0.120. The van der Waals surface area contributed by atoms with Gasteiger partial charge in [-0.1, -0.05) is 6.07 Å². The van der Waals surface area contributed by atoms with Crippen LogP contribution >= 0.6 is 11.3 Å². The molecule has 1 aliphatic rings. The van der Waals surface area contributed by atoms with E-state index in [2.05, 4.69) is 34.7 Å². The van der Waals surface area contributed by atoms with Crippen molar-refractivity contribution in [2.75, 3.05) is 25.5 Å². The average molecular weight is 386 g/mol. The van der Waals surface area contributed by atoms with Crippen LogP contribution in [0.15, 0.2) is 30.3 Å². The van der Waals surface area contributed by atoms with Crippen LogP contribution in [0.25, 0.3) is 0 Å². The summed E-state index contributed by atoms with van der Waals surface area (Å²) in [5.41, 5.74) is 2.39. The van der Waals surface area contributed by atoms with Gasteiger partial charge in [0.2, 0.25) is 5.91 Å². The van der Waals surface area contributed by atoms with Crippen LogP contribution < -0.4 is 10.6 Å². The number of aryl methyl sites for hydroxylation is 1. The average Bonchev–Trinajstić information content (AvgIpc) is 2.96. The second-order valence-corrected chi connectivity index (χ2v) is 9.02. The highest BCUT2D eigenvalue weighted by molar-refractivity contribution is 7.13. The number of hydrogen-bond donors (Lipinski definition) is 2. The van der Waals surface area contributed by atoms with Crippen LogP contribution in [0.2, 0.25) is 0 Å². The van der Waals surface area contributed by atoms with Gasteiger partial charge in [0.15, 0.2) is 0 Å². The molecule has 0 bridgehead atoms. The van der Waals surface area contributed by atoms with Crippen molar-refractivity contribution in [2.45, 2.75) is 39.2 Å². The molecule has 3 rings (SSSR count). The van der Waals surface area contributed by atoms with E-state index in [1.165, 1.54) is 22.5 Å². The molecule has 0 fully saturated rings. The third-order valence-electron chi connectivity index (χ3n) is 4.95. The van der Waals surface area contributed by atoms with Gasteiger partial charge in [-0.05, 0) is 76.1 Å². The molecule has 6 heteroatoms. The number of hydrogen-bond acceptors (Lipinski definition) is 4. The molecule has 0 spiro atoms. The molecule has 2 heterocycles. The van der Waals surface area contributed by atoms with Gasteiger partial charge in [-0.3, -0.25) is 9.59 Å². The van der Waals surface area contributed by atoms with E-state index in [0.717, 1.165) is 36.5 Å². The first kappa shape index (κ1) is 19.6. The number of fused-ring (bicyclic) bond motifs is 1. The number of thiophene rings is 1. The van der Waals surface area contributed by atoms with E-state index in [1.807, 2.05) is 19.1 Å². The predicted octanol–water partition coefficient (Wildman–Crippen LogP) is 3.23. The minimum atomic E-state index is -1.01. The lowest BCUT2D eigenvalue weighted by atomic mass is 10.0. The first-order chi connectivity index (χ1) is 12.7. The topological polar surface area (TPSA) is 61.4 Å². The van der Waals surface area contributed by atoms with Crippen molar-refractivity contribution >= 4 is 28.8 Å². The van der Waals surface area contributed by atoms with E-state index in [4.69, 9.17) is 0 Å². The first-order valence-corrected chi connectivity index (χ1v) is 10.1. The van der Waals surface area contributed by atoms with E-state index in [-0.39, 0.29) is 11.8 Å². The third kappa shape index (κ3) is 4.76. The van der Waals surface area contributed by atoms with Crippen molar-refractivity contribution in [3.05, 3.63) is 51.2 Å². The summed E-state index contributed by atoms with van der Waals surface area (Å²) in [4.78, 5) is 29.2. The van der Waals surface area contributed by atoms with Gasteiger partial charge in [0.05, 0.1) is 4.88 Å². The molecule has 2 aromatic rings. The fourth-order valence-corrected chi connectivity index (χ4v) is 3.92. The summed E-state index contributed by atoms with van der Waals surface area (Å²) in [5, 5.41) is 5.80. The maximum Gasteiger partial charge on any atom is 0.262 e. The minimum absolute atomic E-state index is 0.224. The minimum Gasteiger partial charge on any atom is -0.337 e. The zero-order valence-electron chi connectivity index (χ0n) is 16.4. The second kappa shape index (κ2) is 7.82. The number of carbonyl (C=O) groups is 2. The Morgan fingerprint density at radius 3 is 2.44 bits per heavy atom. The Kier molecular flexibility index (Phi) is 5.67. The molecule has 5 nitrogen and oxygen atoms in total. The molecule has 0 saturated carbocycles. The fraction of sp³-hybridized carbons (Fsp3) is 0.429. The SMILES string of the molecule is Cc1ccc(C(=O)NC(C)(C)C(=O)Nc2ccc3c(c2)CCN(C)CC3)s1. The molecule has 0 aliphatic carbocycles. The Bertz CT molecular complexity index is 857. The summed E-state index contributed by atoms with van der Waals surface area (Å²) in [7, 11) is 2.13. The lowest BCUT2D eigenvalue weighted by Gasteiger charge is -2.25. The molecule has 2 N–H and O–H groups in total. The molecule has 0 atom stereocenters. The van der Waals surface area contributed by atoms with E-state index in [0.29, 0.717) is 4.88 Å². The summed E-state index contributed by atoms with van der Waals surface area (Å²) >= 11 is 1.42. The van der Waals surface area contributed by atoms with E-state index in [1.54, 1.807) is 19.9 Å². The van der Waals surface area contributed by atoms with Crippen molar-refractivity contribution in [3.8, 4) is 0 Å². The van der Waals surface area contributed by atoms with Crippen LogP contribution in [-0.2, 0) is 17.6 Å². The zero-order valence-corrected chi connectivity index (χ0v) is 17.2. The second-order valence-electron chi connectivity index (χ2n) is 7.73. The molecule has 144 valence electrons. The summed E-state index contributed by atoms with van der Waals surface area (Å²) < 4.78 is 0. The summed E-state index contributed by atoms with van der Waals surface area (Å²) in [6.45, 7) is 7.47. The molecule has 0 unspecified atom stereocenters. The van der Waals surface area contributed by atoms with Crippen molar-refractivity contribution < 1.29 is 9.59 Å². The smallest absolute Gasteiger partial charge is 0.262 e. The molecule has 1 aliphatic heterocycles. The van der Waals surface area contributed by atoms with Crippen LogP contribution in [0.1, 0.15) is 39.5 Å². The monoisotopic (exact) mass is 385 g/mol. The standard InChI is InChI=1S/C21H27N3O2S/c1-14-5-8-18(27-14)19(25)23-21(2,3)20(26)22-17-7-6-15-9-11-24(4)12-10-16(15)13-17/h5-8,13H,9-12H2,1-4H3,(H,22,26)(H,23,25). The summed E-state index contributed by atoms with van der Waals surface area (Å²) in [6.07, 6.45) is 2.01. The number of anilines is 1. The Morgan fingerprint density at radius 2 is 1.78 bits per heavy atom. The highest BCUT2D eigenvalue weighted by Crippen LogP contribution is 2.21. The normalized spacial score (nSPS) is 15.0. The number of carbonyl (C=O) groups excluding carboxylic acids is 2. The highest BCUT2D eigenvalue weighted by atomic mass is 32.1. The quantitative estimate of drug-likeness (QED) is 0.849. The third-order valence-corrected chi connectivity index (χ3v) is 5.95. The van der Waals surface area contributed by atoms with Gasteiger partial charge in [0, 0.05) is 23.7 Å². The van der Waals surface area contributed by atoms with Gasteiger partial charge >= 0.3 is 0 Å². The van der Waals surface area contributed by atoms with Gasteiger partial charge in [-0.25, -0.2) is 0 Å². The molecule has 2 amide bonds. The predicted molar refractivity (Wildman–Crippen MR) is 111 cm³/mol. The molecule has 1 aromatic heterocycles. The molecule has 1 aromatic carbocycles. The van der Waals surface area contributed by atoms with E-state index < -0.39 is 5.54 Å². The van der Waals surface area contributed by atoms with Gasteiger partial charge < -0.3 is 15.5 Å². The maximum atomic E-state index is 12.8. The fourth-order valence-electron chi connectivity index (χ4n) is 3.16.